The van der Waals surface area contributed by atoms with E-state index in [4.69, 9.17) is 27.9 Å². The highest BCUT2D eigenvalue weighted by atomic mass is 35.5. The summed E-state index contributed by atoms with van der Waals surface area (Å²) < 4.78 is 5.41. The Kier molecular flexibility index (Phi) is 7.09. The average molecular weight is 449 g/mol. The minimum atomic E-state index is -0.106. The Morgan fingerprint density at radius 3 is 2.55 bits per heavy atom. The molecular formula is C20H18Cl2N4O2S. The predicted octanol–water partition coefficient (Wildman–Crippen LogP) is 5.92. The summed E-state index contributed by atoms with van der Waals surface area (Å²) in [5, 5.41) is 10.4. The van der Waals surface area contributed by atoms with Crippen molar-refractivity contribution in [2.75, 3.05) is 17.3 Å². The molecule has 0 aliphatic rings. The minimum absolute atomic E-state index is 0.106. The van der Waals surface area contributed by atoms with Gasteiger partial charge >= 0.3 is 0 Å². The lowest BCUT2D eigenvalue weighted by Gasteiger charge is -2.08. The lowest BCUT2D eigenvalue weighted by Crippen LogP contribution is -2.05. The van der Waals surface area contributed by atoms with E-state index in [2.05, 4.69) is 20.8 Å². The van der Waals surface area contributed by atoms with Crippen LogP contribution in [0.4, 0.5) is 10.8 Å². The number of ether oxygens (including phenoxy) is 1. The van der Waals surface area contributed by atoms with E-state index in [1.54, 1.807) is 18.3 Å². The molecule has 0 saturated carbocycles. The van der Waals surface area contributed by atoms with Gasteiger partial charge in [-0.3, -0.25) is 10.2 Å². The van der Waals surface area contributed by atoms with Gasteiger partial charge in [-0.25, -0.2) is 4.98 Å². The van der Waals surface area contributed by atoms with Gasteiger partial charge in [-0.2, -0.15) is 5.10 Å². The van der Waals surface area contributed by atoms with E-state index in [1.807, 2.05) is 36.6 Å². The van der Waals surface area contributed by atoms with Gasteiger partial charge in [-0.05, 0) is 36.8 Å². The van der Waals surface area contributed by atoms with Gasteiger partial charge in [-0.1, -0.05) is 35.3 Å². The van der Waals surface area contributed by atoms with Gasteiger partial charge in [0, 0.05) is 23.6 Å². The third-order valence-corrected chi connectivity index (χ3v) is 5.00. The second kappa shape index (κ2) is 9.73. The van der Waals surface area contributed by atoms with Gasteiger partial charge in [0.25, 0.3) is 0 Å². The highest BCUT2D eigenvalue weighted by molar-refractivity contribution is 7.14. The molecule has 2 aromatic carbocycles. The van der Waals surface area contributed by atoms with E-state index in [1.165, 1.54) is 18.3 Å². The predicted molar refractivity (Wildman–Crippen MR) is 121 cm³/mol. The summed E-state index contributed by atoms with van der Waals surface area (Å²) in [6.45, 7) is 3.82. The number of nitrogens with one attached hydrogen (secondary N) is 2. The number of rotatable bonds is 7. The highest BCUT2D eigenvalue weighted by Crippen LogP contribution is 2.33. The summed E-state index contributed by atoms with van der Waals surface area (Å²) in [6, 6.07) is 10.9. The number of carbonyl (C=O) groups excluding carboxylic acids is 1. The molecule has 0 radical (unpaired) electrons. The smallest absolute Gasteiger partial charge is 0.221 e. The van der Waals surface area contributed by atoms with Gasteiger partial charge in [-0.15, -0.1) is 11.3 Å². The Labute approximate surface area is 182 Å². The van der Waals surface area contributed by atoms with Crippen molar-refractivity contribution in [3.8, 4) is 17.0 Å². The second-order valence-electron chi connectivity index (χ2n) is 5.91. The van der Waals surface area contributed by atoms with E-state index in [0.717, 1.165) is 22.5 Å². The van der Waals surface area contributed by atoms with E-state index in [0.29, 0.717) is 27.5 Å². The van der Waals surface area contributed by atoms with Crippen molar-refractivity contribution < 1.29 is 9.53 Å². The Morgan fingerprint density at radius 2 is 1.93 bits per heavy atom. The number of hydrogen-bond donors (Lipinski definition) is 2. The van der Waals surface area contributed by atoms with Crippen molar-refractivity contribution in [1.29, 1.82) is 0 Å². The van der Waals surface area contributed by atoms with Crippen molar-refractivity contribution in [2.45, 2.75) is 13.8 Å². The zero-order valence-electron chi connectivity index (χ0n) is 15.7. The number of amides is 1. The van der Waals surface area contributed by atoms with Crippen LogP contribution in [-0.2, 0) is 4.79 Å². The maximum Gasteiger partial charge on any atom is 0.221 e. The van der Waals surface area contributed by atoms with Crippen LogP contribution in [0.15, 0.2) is 46.9 Å². The third kappa shape index (κ3) is 5.69. The second-order valence-corrected chi connectivity index (χ2v) is 7.59. The first-order valence-corrected chi connectivity index (χ1v) is 10.3. The molecule has 0 saturated heterocycles. The zero-order valence-corrected chi connectivity index (χ0v) is 18.0. The topological polar surface area (TPSA) is 75.6 Å². The molecule has 0 spiro atoms. The van der Waals surface area contributed by atoms with Crippen LogP contribution in [0.2, 0.25) is 10.0 Å². The maximum atomic E-state index is 11.1. The van der Waals surface area contributed by atoms with Crippen LogP contribution in [0.5, 0.6) is 5.75 Å². The fraction of sp³-hybridized carbons (Fsp3) is 0.150. The summed E-state index contributed by atoms with van der Waals surface area (Å²) in [6.07, 6.45) is 1.61. The Balaban J connectivity index is 1.65. The quantitative estimate of drug-likeness (QED) is 0.347. The van der Waals surface area contributed by atoms with Crippen LogP contribution in [0, 0.1) is 0 Å². The number of benzene rings is 2. The van der Waals surface area contributed by atoms with Crippen molar-refractivity contribution in [1.82, 2.24) is 4.98 Å². The SMILES string of the molecule is CCOc1c(Cl)cc(/C=N\Nc2nc(-c3ccc(NC(C)=O)cc3)cs2)cc1Cl. The fourth-order valence-electron chi connectivity index (χ4n) is 2.48. The molecule has 0 atom stereocenters. The molecule has 9 heteroatoms. The molecule has 1 aromatic heterocycles. The van der Waals surface area contributed by atoms with E-state index in [-0.39, 0.29) is 5.91 Å². The van der Waals surface area contributed by atoms with Crippen molar-refractivity contribution in [2.24, 2.45) is 5.10 Å². The van der Waals surface area contributed by atoms with Crippen LogP contribution in [0.3, 0.4) is 0 Å². The number of hydrazone groups is 1. The Hall–Kier alpha value is -2.61. The molecule has 1 amide bonds. The van der Waals surface area contributed by atoms with Crippen molar-refractivity contribution in [3.63, 3.8) is 0 Å². The molecule has 0 bridgehead atoms. The van der Waals surface area contributed by atoms with Gasteiger partial charge in [0.15, 0.2) is 5.75 Å². The minimum Gasteiger partial charge on any atom is -0.491 e. The molecule has 6 nitrogen and oxygen atoms in total. The van der Waals surface area contributed by atoms with Crippen molar-refractivity contribution >= 4 is 57.5 Å². The number of thiazole rings is 1. The lowest BCUT2D eigenvalue weighted by molar-refractivity contribution is -0.114. The van der Waals surface area contributed by atoms with Crippen LogP contribution in [0.1, 0.15) is 19.4 Å². The first-order chi connectivity index (χ1) is 14.0. The summed E-state index contributed by atoms with van der Waals surface area (Å²) in [7, 11) is 0. The van der Waals surface area contributed by atoms with Crippen LogP contribution >= 0.6 is 34.5 Å². The summed E-state index contributed by atoms with van der Waals surface area (Å²) >= 11 is 13.8. The summed E-state index contributed by atoms with van der Waals surface area (Å²) in [5.41, 5.74) is 6.14. The van der Waals surface area contributed by atoms with E-state index in [9.17, 15) is 4.79 Å². The van der Waals surface area contributed by atoms with Crippen molar-refractivity contribution in [3.05, 3.63) is 57.4 Å². The normalized spacial score (nSPS) is 10.9. The molecule has 3 aromatic rings. The zero-order chi connectivity index (χ0) is 20.8. The Morgan fingerprint density at radius 1 is 1.24 bits per heavy atom. The monoisotopic (exact) mass is 448 g/mol. The van der Waals surface area contributed by atoms with Gasteiger partial charge in [0.2, 0.25) is 11.0 Å². The fourth-order valence-corrected chi connectivity index (χ4v) is 3.77. The summed E-state index contributed by atoms with van der Waals surface area (Å²) in [4.78, 5) is 15.6. The van der Waals surface area contributed by atoms with Crippen LogP contribution in [0.25, 0.3) is 11.3 Å². The number of carbonyl (C=O) groups is 1. The molecule has 0 aliphatic carbocycles. The molecule has 150 valence electrons. The molecule has 1 heterocycles. The lowest BCUT2D eigenvalue weighted by atomic mass is 10.1. The number of halogens is 2. The first-order valence-electron chi connectivity index (χ1n) is 8.70. The third-order valence-electron chi connectivity index (χ3n) is 3.69. The molecule has 29 heavy (non-hydrogen) atoms. The molecule has 0 fully saturated rings. The largest absolute Gasteiger partial charge is 0.491 e. The van der Waals surface area contributed by atoms with Crippen LogP contribution < -0.4 is 15.5 Å². The molecule has 0 unspecified atom stereocenters. The molecule has 0 aliphatic heterocycles. The number of nitrogens with zero attached hydrogens (tertiary/aromatic N) is 2. The number of hydrogen-bond acceptors (Lipinski definition) is 6. The molecular weight excluding hydrogens is 431 g/mol. The Bertz CT molecular complexity index is 1010. The summed E-state index contributed by atoms with van der Waals surface area (Å²) in [5.74, 6) is 0.362. The van der Waals surface area contributed by atoms with Gasteiger partial charge < -0.3 is 10.1 Å². The number of anilines is 2. The van der Waals surface area contributed by atoms with Gasteiger partial charge in [0.05, 0.1) is 28.6 Å². The maximum absolute atomic E-state index is 11.1. The number of aromatic nitrogens is 1. The molecule has 2 N–H and O–H groups in total. The molecule has 3 rings (SSSR count). The highest BCUT2D eigenvalue weighted by Gasteiger charge is 2.09. The van der Waals surface area contributed by atoms with E-state index >= 15 is 0 Å². The van der Waals surface area contributed by atoms with Crippen LogP contribution in [-0.4, -0.2) is 23.7 Å². The van der Waals surface area contributed by atoms with Gasteiger partial charge in [0.1, 0.15) is 0 Å². The standard InChI is InChI=1S/C20H18Cl2N4O2S/c1-3-28-19-16(21)8-13(9-17(19)22)10-23-26-20-25-18(11-29-20)14-4-6-15(7-5-14)24-12(2)27/h4-11H,3H2,1-2H3,(H,24,27)(H,25,26)/b23-10-. The van der Waals surface area contributed by atoms with E-state index < -0.39 is 0 Å². The average Bonchev–Trinajstić information content (AvgIpc) is 3.14. The first kappa shape index (κ1) is 21.1.